The monoisotopic (exact) mass is 281 g/mol. The van der Waals surface area contributed by atoms with Crippen LogP contribution in [-0.4, -0.2) is 41.6 Å². The zero-order valence-corrected chi connectivity index (χ0v) is 10.9. The Labute approximate surface area is 116 Å². The molecule has 1 atom stereocenters. The summed E-state index contributed by atoms with van der Waals surface area (Å²) in [5, 5.41) is 8.96. The maximum Gasteiger partial charge on any atom is 0.308 e. The number of hydrogen-bond acceptors (Lipinski definition) is 3. The van der Waals surface area contributed by atoms with Crippen LogP contribution in [0.5, 0.6) is 5.75 Å². The van der Waals surface area contributed by atoms with Crippen molar-refractivity contribution in [1.82, 2.24) is 4.90 Å². The van der Waals surface area contributed by atoms with Gasteiger partial charge in [-0.05, 0) is 25.0 Å². The number of rotatable bonds is 4. The molecule has 20 heavy (non-hydrogen) atoms. The van der Waals surface area contributed by atoms with E-state index in [1.165, 1.54) is 23.1 Å². The van der Waals surface area contributed by atoms with Gasteiger partial charge in [0.25, 0.3) is 5.91 Å². The quantitative estimate of drug-likeness (QED) is 0.908. The van der Waals surface area contributed by atoms with Crippen molar-refractivity contribution in [2.75, 3.05) is 19.7 Å². The molecule has 1 aromatic rings. The van der Waals surface area contributed by atoms with Crippen LogP contribution in [0.1, 0.15) is 12.8 Å². The Hall–Kier alpha value is -2.11. The van der Waals surface area contributed by atoms with Crippen molar-refractivity contribution in [3.8, 4) is 5.75 Å². The number of carboxylic acids is 1. The number of benzene rings is 1. The predicted octanol–water partition coefficient (Wildman–Crippen LogP) is 1.53. The lowest BCUT2D eigenvalue weighted by molar-refractivity contribution is -0.146. The first kappa shape index (κ1) is 14.3. The predicted molar refractivity (Wildman–Crippen MR) is 68.8 cm³/mol. The molecule has 1 N–H and O–H groups in total. The molecule has 1 heterocycles. The van der Waals surface area contributed by atoms with Gasteiger partial charge in [0, 0.05) is 13.1 Å². The van der Waals surface area contributed by atoms with Crippen molar-refractivity contribution in [3.63, 3.8) is 0 Å². The van der Waals surface area contributed by atoms with E-state index in [1.54, 1.807) is 6.07 Å². The number of ether oxygens (including phenoxy) is 1. The molecule has 1 unspecified atom stereocenters. The number of hydrogen-bond donors (Lipinski definition) is 1. The summed E-state index contributed by atoms with van der Waals surface area (Å²) < 4.78 is 18.5. The summed E-state index contributed by atoms with van der Waals surface area (Å²) in [5.41, 5.74) is 0. The molecule has 0 aliphatic carbocycles. The molecule has 5 nitrogen and oxygen atoms in total. The third kappa shape index (κ3) is 3.46. The van der Waals surface area contributed by atoms with E-state index < -0.39 is 17.7 Å². The van der Waals surface area contributed by atoms with Gasteiger partial charge in [-0.2, -0.15) is 0 Å². The van der Waals surface area contributed by atoms with Gasteiger partial charge in [-0.3, -0.25) is 9.59 Å². The van der Waals surface area contributed by atoms with Crippen molar-refractivity contribution in [1.29, 1.82) is 0 Å². The molecule has 108 valence electrons. The fourth-order valence-electron chi connectivity index (χ4n) is 2.20. The van der Waals surface area contributed by atoms with Gasteiger partial charge in [-0.15, -0.1) is 0 Å². The lowest BCUT2D eigenvalue weighted by Gasteiger charge is -2.30. The molecule has 1 saturated heterocycles. The normalized spacial score (nSPS) is 18.6. The number of aliphatic carboxylic acids is 1. The van der Waals surface area contributed by atoms with Gasteiger partial charge < -0.3 is 14.7 Å². The molecule has 0 saturated carbocycles. The van der Waals surface area contributed by atoms with E-state index >= 15 is 0 Å². The van der Waals surface area contributed by atoms with E-state index in [9.17, 15) is 14.0 Å². The average Bonchev–Trinajstić information content (AvgIpc) is 2.46. The molecule has 1 aliphatic heterocycles. The van der Waals surface area contributed by atoms with Crippen LogP contribution in [0.15, 0.2) is 24.3 Å². The standard InChI is InChI=1S/C14H16FNO4/c15-11-5-1-2-6-12(11)20-9-13(17)16-7-3-4-10(8-16)14(18)19/h1-2,5-6,10H,3-4,7-9H2,(H,18,19). The number of carboxylic acid groups (broad SMARTS) is 1. The van der Waals surface area contributed by atoms with Gasteiger partial charge >= 0.3 is 5.97 Å². The second-order valence-electron chi connectivity index (χ2n) is 4.74. The van der Waals surface area contributed by atoms with Gasteiger partial charge in [0.2, 0.25) is 0 Å². The maximum absolute atomic E-state index is 13.3. The Balaban J connectivity index is 1.89. The third-order valence-corrected chi connectivity index (χ3v) is 3.31. The highest BCUT2D eigenvalue weighted by Gasteiger charge is 2.28. The molecule has 1 fully saturated rings. The SMILES string of the molecule is O=C(O)C1CCCN(C(=O)COc2ccccc2F)C1. The Kier molecular flexibility index (Phi) is 4.55. The zero-order chi connectivity index (χ0) is 14.5. The molecule has 1 amide bonds. The molecule has 2 rings (SSSR count). The van der Waals surface area contributed by atoms with Crippen LogP contribution >= 0.6 is 0 Å². The van der Waals surface area contributed by atoms with Crippen LogP contribution < -0.4 is 4.74 Å². The number of amides is 1. The van der Waals surface area contributed by atoms with Gasteiger partial charge in [0.15, 0.2) is 18.2 Å². The van der Waals surface area contributed by atoms with E-state index in [4.69, 9.17) is 9.84 Å². The highest BCUT2D eigenvalue weighted by atomic mass is 19.1. The van der Waals surface area contributed by atoms with Crippen LogP contribution in [0.3, 0.4) is 0 Å². The zero-order valence-electron chi connectivity index (χ0n) is 10.9. The van der Waals surface area contributed by atoms with Gasteiger partial charge in [-0.1, -0.05) is 12.1 Å². The number of likely N-dealkylation sites (tertiary alicyclic amines) is 1. The molecular weight excluding hydrogens is 265 g/mol. The smallest absolute Gasteiger partial charge is 0.308 e. The fourth-order valence-corrected chi connectivity index (χ4v) is 2.20. The Morgan fingerprint density at radius 1 is 1.40 bits per heavy atom. The van der Waals surface area contributed by atoms with Crippen molar-refractivity contribution in [2.45, 2.75) is 12.8 Å². The minimum Gasteiger partial charge on any atom is -0.481 e. The second-order valence-corrected chi connectivity index (χ2v) is 4.74. The number of piperidine rings is 1. The summed E-state index contributed by atoms with van der Waals surface area (Å²) in [7, 11) is 0. The number of para-hydroxylation sites is 1. The second kappa shape index (κ2) is 6.36. The fraction of sp³-hybridized carbons (Fsp3) is 0.429. The van der Waals surface area contributed by atoms with Gasteiger partial charge in [0.05, 0.1) is 5.92 Å². The summed E-state index contributed by atoms with van der Waals surface area (Å²) in [6, 6.07) is 5.84. The van der Waals surface area contributed by atoms with Gasteiger partial charge in [0.1, 0.15) is 0 Å². The third-order valence-electron chi connectivity index (χ3n) is 3.31. The van der Waals surface area contributed by atoms with Crippen LogP contribution in [0, 0.1) is 11.7 Å². The number of halogens is 1. The first-order valence-electron chi connectivity index (χ1n) is 6.46. The highest BCUT2D eigenvalue weighted by Crippen LogP contribution is 2.18. The van der Waals surface area contributed by atoms with E-state index in [0.29, 0.717) is 19.4 Å². The van der Waals surface area contributed by atoms with Crippen LogP contribution in [0.4, 0.5) is 4.39 Å². The summed E-state index contributed by atoms with van der Waals surface area (Å²) in [4.78, 5) is 24.3. The van der Waals surface area contributed by atoms with Crippen molar-refractivity contribution in [3.05, 3.63) is 30.1 Å². The minimum atomic E-state index is -0.891. The van der Waals surface area contributed by atoms with E-state index in [2.05, 4.69) is 0 Å². The topological polar surface area (TPSA) is 66.8 Å². The summed E-state index contributed by atoms with van der Waals surface area (Å²) >= 11 is 0. The summed E-state index contributed by atoms with van der Waals surface area (Å²) in [5.74, 6) is -2.24. The Morgan fingerprint density at radius 2 is 2.15 bits per heavy atom. The minimum absolute atomic E-state index is 0.0210. The number of carbonyl (C=O) groups is 2. The van der Waals surface area contributed by atoms with Crippen molar-refractivity contribution < 1.29 is 23.8 Å². The molecular formula is C14H16FNO4. The number of carbonyl (C=O) groups excluding carboxylic acids is 1. The van der Waals surface area contributed by atoms with Crippen LogP contribution in [-0.2, 0) is 9.59 Å². The number of nitrogens with zero attached hydrogens (tertiary/aromatic N) is 1. The Bertz CT molecular complexity index is 506. The van der Waals surface area contributed by atoms with E-state index in [0.717, 1.165) is 0 Å². The average molecular weight is 281 g/mol. The molecule has 0 aromatic heterocycles. The molecule has 0 radical (unpaired) electrons. The highest BCUT2D eigenvalue weighted by molar-refractivity contribution is 5.79. The van der Waals surface area contributed by atoms with Crippen LogP contribution in [0.2, 0.25) is 0 Å². The Morgan fingerprint density at radius 3 is 2.85 bits per heavy atom. The van der Waals surface area contributed by atoms with Crippen molar-refractivity contribution in [2.24, 2.45) is 5.92 Å². The summed E-state index contributed by atoms with van der Waals surface area (Å²) in [6.45, 7) is 0.422. The first-order valence-corrected chi connectivity index (χ1v) is 6.46. The first-order chi connectivity index (χ1) is 9.58. The van der Waals surface area contributed by atoms with E-state index in [1.807, 2.05) is 0 Å². The molecule has 1 aliphatic rings. The molecule has 1 aromatic carbocycles. The lowest BCUT2D eigenvalue weighted by Crippen LogP contribution is -2.44. The van der Waals surface area contributed by atoms with Crippen molar-refractivity contribution >= 4 is 11.9 Å². The van der Waals surface area contributed by atoms with E-state index in [-0.39, 0.29) is 24.8 Å². The molecule has 0 bridgehead atoms. The molecule has 6 heteroatoms. The maximum atomic E-state index is 13.3. The molecule has 0 spiro atoms. The van der Waals surface area contributed by atoms with Gasteiger partial charge in [-0.25, -0.2) is 4.39 Å². The lowest BCUT2D eigenvalue weighted by atomic mass is 9.98. The largest absolute Gasteiger partial charge is 0.481 e. The summed E-state index contributed by atoms with van der Waals surface area (Å²) in [6.07, 6.45) is 1.23. The van der Waals surface area contributed by atoms with Crippen LogP contribution in [0.25, 0.3) is 0 Å².